The Bertz CT molecular complexity index is 979. The van der Waals surface area contributed by atoms with Gasteiger partial charge in [-0.3, -0.25) is 0 Å². The van der Waals surface area contributed by atoms with Gasteiger partial charge in [-0.25, -0.2) is 21.6 Å². The number of sulfonamides is 1. The van der Waals surface area contributed by atoms with Gasteiger partial charge < -0.3 is 0 Å². The molecule has 0 atom stereocenters. The molecule has 2 aromatic rings. The van der Waals surface area contributed by atoms with Gasteiger partial charge in [-0.2, -0.15) is 5.21 Å². The Morgan fingerprint density at radius 3 is 2.31 bits per heavy atom. The highest BCUT2D eigenvalue weighted by molar-refractivity contribution is 7.90. The van der Waals surface area contributed by atoms with Crippen LogP contribution in [0.3, 0.4) is 0 Å². The van der Waals surface area contributed by atoms with E-state index in [9.17, 15) is 16.8 Å². The van der Waals surface area contributed by atoms with Gasteiger partial charge in [0.1, 0.15) is 0 Å². The number of sulfone groups is 1. The molecule has 142 valence electrons. The molecule has 1 aliphatic carbocycles. The van der Waals surface area contributed by atoms with Gasteiger partial charge in [0.15, 0.2) is 9.84 Å². The van der Waals surface area contributed by atoms with Crippen LogP contribution in [-0.4, -0.2) is 56.0 Å². The van der Waals surface area contributed by atoms with Crippen LogP contribution in [0.4, 0.5) is 0 Å². The van der Waals surface area contributed by atoms with Gasteiger partial charge in [0.05, 0.1) is 11.2 Å². The summed E-state index contributed by atoms with van der Waals surface area (Å²) >= 11 is 0. The van der Waals surface area contributed by atoms with Crippen LogP contribution in [0.15, 0.2) is 23.1 Å². The SMILES string of the molecule is CS(=O)(=O)NC1CCC(c2cccc(S(C)(=O)=O)c2-c2nn[nH]n2)CC1. The van der Waals surface area contributed by atoms with Crippen molar-refractivity contribution in [2.24, 2.45) is 0 Å². The summed E-state index contributed by atoms with van der Waals surface area (Å²) in [6.45, 7) is 0. The van der Waals surface area contributed by atoms with Crippen molar-refractivity contribution in [3.63, 3.8) is 0 Å². The fraction of sp³-hybridized carbons (Fsp3) is 0.533. The Morgan fingerprint density at radius 2 is 1.77 bits per heavy atom. The van der Waals surface area contributed by atoms with E-state index in [0.29, 0.717) is 18.4 Å². The third-order valence-electron chi connectivity index (χ3n) is 4.57. The second-order valence-corrected chi connectivity index (χ2v) is 10.4. The van der Waals surface area contributed by atoms with Crippen molar-refractivity contribution in [2.75, 3.05) is 12.5 Å². The first-order chi connectivity index (χ1) is 12.1. The molecule has 1 fully saturated rings. The fourth-order valence-corrected chi connectivity index (χ4v) is 5.28. The van der Waals surface area contributed by atoms with Crippen LogP contribution in [0.1, 0.15) is 37.2 Å². The summed E-state index contributed by atoms with van der Waals surface area (Å²) in [6, 6.07) is 5.06. The van der Waals surface area contributed by atoms with E-state index < -0.39 is 19.9 Å². The number of nitrogens with zero attached hydrogens (tertiary/aromatic N) is 3. The maximum absolute atomic E-state index is 12.2. The van der Waals surface area contributed by atoms with E-state index >= 15 is 0 Å². The second-order valence-electron chi connectivity index (χ2n) is 6.67. The maximum atomic E-state index is 12.2. The summed E-state index contributed by atoms with van der Waals surface area (Å²) in [5.41, 5.74) is 1.33. The minimum atomic E-state index is -3.47. The third kappa shape index (κ3) is 4.27. The normalized spacial score (nSPS) is 21.6. The molecule has 0 bridgehead atoms. The van der Waals surface area contributed by atoms with E-state index in [2.05, 4.69) is 25.3 Å². The van der Waals surface area contributed by atoms with Crippen molar-refractivity contribution in [3.05, 3.63) is 23.8 Å². The van der Waals surface area contributed by atoms with Crippen LogP contribution >= 0.6 is 0 Å². The largest absolute Gasteiger partial charge is 0.224 e. The van der Waals surface area contributed by atoms with E-state index in [-0.39, 0.29) is 22.7 Å². The van der Waals surface area contributed by atoms with Crippen molar-refractivity contribution in [1.29, 1.82) is 0 Å². The van der Waals surface area contributed by atoms with Crippen molar-refractivity contribution in [3.8, 4) is 11.4 Å². The molecule has 0 radical (unpaired) electrons. The number of nitrogens with one attached hydrogen (secondary N) is 2. The van der Waals surface area contributed by atoms with Crippen molar-refractivity contribution in [2.45, 2.75) is 42.5 Å². The molecule has 2 N–H and O–H groups in total. The lowest BCUT2D eigenvalue weighted by Gasteiger charge is -2.30. The average Bonchev–Trinajstić information content (AvgIpc) is 3.07. The lowest BCUT2D eigenvalue weighted by Crippen LogP contribution is -2.36. The maximum Gasteiger partial charge on any atom is 0.208 e. The van der Waals surface area contributed by atoms with E-state index in [1.54, 1.807) is 12.1 Å². The number of aromatic nitrogens is 4. The van der Waals surface area contributed by atoms with Crippen LogP contribution in [0, 0.1) is 0 Å². The van der Waals surface area contributed by atoms with Crippen molar-refractivity contribution < 1.29 is 16.8 Å². The zero-order valence-corrected chi connectivity index (χ0v) is 16.1. The second kappa shape index (κ2) is 7.05. The molecule has 26 heavy (non-hydrogen) atoms. The molecular weight excluding hydrogens is 378 g/mol. The van der Waals surface area contributed by atoms with Crippen LogP contribution in [0.2, 0.25) is 0 Å². The number of tetrazole rings is 1. The van der Waals surface area contributed by atoms with Gasteiger partial charge in [0.2, 0.25) is 15.8 Å². The highest BCUT2D eigenvalue weighted by Crippen LogP contribution is 2.39. The minimum absolute atomic E-state index is 0.0898. The highest BCUT2D eigenvalue weighted by atomic mass is 32.2. The molecule has 1 aromatic heterocycles. The summed E-state index contributed by atoms with van der Waals surface area (Å²) in [5, 5.41) is 13.9. The van der Waals surface area contributed by atoms with E-state index in [1.807, 2.05) is 6.07 Å². The van der Waals surface area contributed by atoms with Gasteiger partial charge in [-0.05, 0) is 48.4 Å². The highest BCUT2D eigenvalue weighted by Gasteiger charge is 2.29. The Kier molecular flexibility index (Phi) is 5.13. The molecular formula is C15H21N5O4S2. The Labute approximate surface area is 152 Å². The molecule has 3 rings (SSSR count). The van der Waals surface area contributed by atoms with Crippen LogP contribution < -0.4 is 4.72 Å². The van der Waals surface area contributed by atoms with Gasteiger partial charge in [-0.15, -0.1) is 10.2 Å². The predicted octanol–water partition coefficient (Wildman–Crippen LogP) is 0.846. The van der Waals surface area contributed by atoms with Gasteiger partial charge in [0, 0.05) is 17.9 Å². The van der Waals surface area contributed by atoms with Crippen molar-refractivity contribution in [1.82, 2.24) is 25.3 Å². The molecule has 1 heterocycles. The summed E-state index contributed by atoms with van der Waals surface area (Å²) in [7, 11) is -6.71. The molecule has 1 aliphatic rings. The summed E-state index contributed by atoms with van der Waals surface area (Å²) in [5.74, 6) is 0.347. The van der Waals surface area contributed by atoms with Gasteiger partial charge in [-0.1, -0.05) is 12.1 Å². The molecule has 0 aliphatic heterocycles. The zero-order chi connectivity index (χ0) is 18.9. The van der Waals surface area contributed by atoms with Crippen molar-refractivity contribution >= 4 is 19.9 Å². The van der Waals surface area contributed by atoms with E-state index in [0.717, 1.165) is 30.9 Å². The fourth-order valence-electron chi connectivity index (χ4n) is 3.53. The van der Waals surface area contributed by atoms with E-state index in [4.69, 9.17) is 0 Å². The zero-order valence-electron chi connectivity index (χ0n) is 14.5. The topological polar surface area (TPSA) is 135 Å². The van der Waals surface area contributed by atoms with Crippen LogP contribution in [0.5, 0.6) is 0 Å². The summed E-state index contributed by atoms with van der Waals surface area (Å²) in [4.78, 5) is 0.174. The molecule has 0 unspecified atom stereocenters. The Balaban J connectivity index is 1.94. The molecule has 0 spiro atoms. The number of hydrogen-bond acceptors (Lipinski definition) is 7. The predicted molar refractivity (Wildman–Crippen MR) is 95.7 cm³/mol. The first kappa shape index (κ1) is 18.9. The average molecular weight is 399 g/mol. The lowest BCUT2D eigenvalue weighted by atomic mass is 9.80. The molecule has 0 amide bonds. The molecule has 11 heteroatoms. The number of rotatable bonds is 5. The lowest BCUT2D eigenvalue weighted by molar-refractivity contribution is 0.374. The van der Waals surface area contributed by atoms with Crippen LogP contribution in [0.25, 0.3) is 11.4 Å². The first-order valence-electron chi connectivity index (χ1n) is 8.19. The minimum Gasteiger partial charge on any atom is -0.224 e. The number of aromatic amines is 1. The molecule has 1 saturated carbocycles. The molecule has 9 nitrogen and oxygen atoms in total. The first-order valence-corrected chi connectivity index (χ1v) is 12.0. The standard InChI is InChI=1S/C15H21N5O4S2/c1-25(21,22)13-5-3-4-12(14(13)15-16-19-20-17-15)10-6-8-11(9-7-10)18-26(2,23)24/h3-5,10-11,18H,6-9H2,1-2H3,(H,16,17,19,20). The Morgan fingerprint density at radius 1 is 1.08 bits per heavy atom. The van der Waals surface area contributed by atoms with Gasteiger partial charge in [0.25, 0.3) is 0 Å². The monoisotopic (exact) mass is 399 g/mol. The third-order valence-corrected chi connectivity index (χ3v) is 6.48. The summed E-state index contributed by atoms with van der Waals surface area (Å²) in [6.07, 6.45) is 5.17. The van der Waals surface area contributed by atoms with Crippen LogP contribution in [-0.2, 0) is 19.9 Å². The number of H-pyrrole nitrogens is 1. The number of hydrogen-bond donors (Lipinski definition) is 2. The molecule has 1 aromatic carbocycles. The molecule has 0 saturated heterocycles. The summed E-state index contributed by atoms with van der Waals surface area (Å²) < 4.78 is 49.9. The van der Waals surface area contributed by atoms with E-state index in [1.165, 1.54) is 0 Å². The smallest absolute Gasteiger partial charge is 0.208 e. The quantitative estimate of drug-likeness (QED) is 0.761. The van der Waals surface area contributed by atoms with Gasteiger partial charge >= 0.3 is 0 Å². The Hall–Kier alpha value is -1.85. The number of benzene rings is 1.